The third-order valence-corrected chi connectivity index (χ3v) is 2.79. The molecule has 0 aliphatic heterocycles. The summed E-state index contributed by atoms with van der Waals surface area (Å²) in [5.41, 5.74) is 2.02. The topological polar surface area (TPSA) is 80.8 Å². The van der Waals surface area contributed by atoms with Crippen molar-refractivity contribution in [3.8, 4) is 17.1 Å². The molecule has 1 aromatic carbocycles. The number of H-pyrrole nitrogens is 1. The number of hydrogen-bond acceptors (Lipinski definition) is 5. The van der Waals surface area contributed by atoms with Crippen LogP contribution in [-0.4, -0.2) is 27.3 Å². The maximum Gasteiger partial charge on any atom is 0.258 e. The Kier molecular flexibility index (Phi) is 2.68. The van der Waals surface area contributed by atoms with Crippen molar-refractivity contribution in [2.24, 2.45) is 0 Å². The Morgan fingerprint density at radius 1 is 1.16 bits per heavy atom. The van der Waals surface area contributed by atoms with Crippen LogP contribution in [0.2, 0.25) is 0 Å². The summed E-state index contributed by atoms with van der Waals surface area (Å²) in [5.74, 6) is 0.458. The lowest BCUT2D eigenvalue weighted by atomic mass is 10.1. The van der Waals surface area contributed by atoms with Crippen molar-refractivity contribution in [2.75, 3.05) is 7.11 Å². The third kappa shape index (κ3) is 2.03. The molecule has 3 aromatic rings. The first-order valence-electron chi connectivity index (χ1n) is 5.63. The van der Waals surface area contributed by atoms with Crippen molar-refractivity contribution in [2.45, 2.75) is 0 Å². The van der Waals surface area contributed by atoms with Crippen molar-refractivity contribution >= 4 is 10.9 Å². The molecule has 0 unspecified atom stereocenters. The molecular weight excluding hydrogens is 244 g/mol. The minimum atomic E-state index is -0.155. The first-order chi connectivity index (χ1) is 9.28. The summed E-state index contributed by atoms with van der Waals surface area (Å²) >= 11 is 0. The minimum Gasteiger partial charge on any atom is -0.480 e. The lowest BCUT2D eigenvalue weighted by Gasteiger charge is -2.02. The number of ether oxygens (including phenoxy) is 1. The van der Waals surface area contributed by atoms with E-state index in [1.807, 2.05) is 6.07 Å². The van der Waals surface area contributed by atoms with Gasteiger partial charge in [0.2, 0.25) is 5.88 Å². The van der Waals surface area contributed by atoms with Gasteiger partial charge in [-0.2, -0.15) is 0 Å². The summed E-state index contributed by atoms with van der Waals surface area (Å²) in [6.45, 7) is 0. The Balaban J connectivity index is 2.12. The second-order valence-corrected chi connectivity index (χ2v) is 3.92. The highest BCUT2D eigenvalue weighted by Crippen LogP contribution is 2.20. The Morgan fingerprint density at radius 3 is 2.79 bits per heavy atom. The van der Waals surface area contributed by atoms with Gasteiger partial charge in [-0.1, -0.05) is 6.07 Å². The Bertz CT molecular complexity index is 781. The summed E-state index contributed by atoms with van der Waals surface area (Å²) < 4.78 is 4.96. The maximum atomic E-state index is 11.6. The van der Waals surface area contributed by atoms with Gasteiger partial charge in [0.05, 0.1) is 30.0 Å². The van der Waals surface area contributed by atoms with Gasteiger partial charge in [-0.25, -0.2) is 4.98 Å². The Hall–Kier alpha value is -2.76. The van der Waals surface area contributed by atoms with Crippen molar-refractivity contribution < 1.29 is 4.74 Å². The van der Waals surface area contributed by atoms with Crippen LogP contribution >= 0.6 is 0 Å². The second-order valence-electron chi connectivity index (χ2n) is 3.92. The van der Waals surface area contributed by atoms with E-state index in [1.54, 1.807) is 24.3 Å². The van der Waals surface area contributed by atoms with E-state index in [0.29, 0.717) is 22.5 Å². The van der Waals surface area contributed by atoms with Gasteiger partial charge in [0.25, 0.3) is 5.56 Å². The molecule has 0 radical (unpaired) electrons. The molecular formula is C13H10N4O2. The predicted octanol–water partition coefficient (Wildman–Crippen LogP) is 1.39. The fraction of sp³-hybridized carbons (Fsp3) is 0.0769. The number of nitrogens with one attached hydrogen (secondary N) is 1. The lowest BCUT2D eigenvalue weighted by molar-refractivity contribution is 0.392. The van der Waals surface area contributed by atoms with E-state index < -0.39 is 0 Å². The molecule has 0 saturated carbocycles. The molecule has 2 heterocycles. The highest BCUT2D eigenvalue weighted by molar-refractivity contribution is 5.82. The molecule has 0 bridgehead atoms. The van der Waals surface area contributed by atoms with Gasteiger partial charge >= 0.3 is 0 Å². The zero-order chi connectivity index (χ0) is 13.2. The summed E-state index contributed by atoms with van der Waals surface area (Å²) in [6, 6.07) is 8.89. The highest BCUT2D eigenvalue weighted by atomic mass is 16.5. The molecule has 0 amide bonds. The van der Waals surface area contributed by atoms with Gasteiger partial charge in [0, 0.05) is 11.6 Å². The van der Waals surface area contributed by atoms with Crippen LogP contribution in [0, 0.1) is 0 Å². The summed E-state index contributed by atoms with van der Waals surface area (Å²) in [6.07, 6.45) is 1.38. The van der Waals surface area contributed by atoms with Crippen molar-refractivity contribution in [3.05, 3.63) is 47.0 Å². The van der Waals surface area contributed by atoms with Gasteiger partial charge in [-0.05, 0) is 18.2 Å². The van der Waals surface area contributed by atoms with Gasteiger partial charge in [-0.3, -0.25) is 4.79 Å². The van der Waals surface area contributed by atoms with Gasteiger partial charge in [0.15, 0.2) is 0 Å². The average Bonchev–Trinajstić information content (AvgIpc) is 2.47. The van der Waals surface area contributed by atoms with Crippen LogP contribution in [0.3, 0.4) is 0 Å². The summed E-state index contributed by atoms with van der Waals surface area (Å²) in [7, 11) is 1.54. The molecule has 0 aliphatic carbocycles. The summed E-state index contributed by atoms with van der Waals surface area (Å²) in [5, 5.41) is 8.52. The number of methoxy groups -OCH3 is 1. The standard InChI is InChI=1S/C13H10N4O2/c1-19-12-5-4-10(16-17-12)8-2-3-9-11(6-8)14-7-15-13(9)18/h2-7H,1H3,(H,14,15,18). The minimum absolute atomic E-state index is 0.155. The first kappa shape index (κ1) is 11.3. The predicted molar refractivity (Wildman–Crippen MR) is 69.9 cm³/mol. The Labute approximate surface area is 108 Å². The van der Waals surface area contributed by atoms with E-state index >= 15 is 0 Å². The molecule has 6 heteroatoms. The molecule has 2 aromatic heterocycles. The van der Waals surface area contributed by atoms with E-state index in [4.69, 9.17) is 4.74 Å². The Morgan fingerprint density at radius 2 is 2.05 bits per heavy atom. The fourth-order valence-electron chi connectivity index (χ4n) is 1.81. The molecule has 0 atom stereocenters. The zero-order valence-corrected chi connectivity index (χ0v) is 10.1. The largest absolute Gasteiger partial charge is 0.480 e. The van der Waals surface area contributed by atoms with Crippen LogP contribution < -0.4 is 10.3 Å². The molecule has 6 nitrogen and oxygen atoms in total. The van der Waals surface area contributed by atoms with Crippen molar-refractivity contribution in [1.29, 1.82) is 0 Å². The number of benzene rings is 1. The zero-order valence-electron chi connectivity index (χ0n) is 10.1. The van der Waals surface area contributed by atoms with Crippen molar-refractivity contribution in [1.82, 2.24) is 20.2 Å². The van der Waals surface area contributed by atoms with E-state index in [9.17, 15) is 4.79 Å². The van der Waals surface area contributed by atoms with Gasteiger partial charge < -0.3 is 9.72 Å². The van der Waals surface area contributed by atoms with E-state index in [0.717, 1.165) is 5.56 Å². The molecule has 19 heavy (non-hydrogen) atoms. The molecule has 0 fully saturated rings. The van der Waals surface area contributed by atoms with Gasteiger partial charge in [0.1, 0.15) is 0 Å². The molecule has 3 rings (SSSR count). The van der Waals surface area contributed by atoms with Crippen LogP contribution in [0.1, 0.15) is 0 Å². The van der Waals surface area contributed by atoms with Crippen LogP contribution in [0.4, 0.5) is 0 Å². The average molecular weight is 254 g/mol. The van der Waals surface area contributed by atoms with Crippen LogP contribution in [-0.2, 0) is 0 Å². The third-order valence-electron chi connectivity index (χ3n) is 2.79. The molecule has 0 spiro atoms. The molecule has 1 N–H and O–H groups in total. The number of aromatic amines is 1. The number of rotatable bonds is 2. The van der Waals surface area contributed by atoms with Gasteiger partial charge in [-0.15, -0.1) is 10.2 Å². The smallest absolute Gasteiger partial charge is 0.258 e. The normalized spacial score (nSPS) is 10.6. The SMILES string of the molecule is COc1ccc(-c2ccc3c(=O)[nH]cnc3c2)nn1. The second kappa shape index (κ2) is 4.49. The van der Waals surface area contributed by atoms with Crippen LogP contribution in [0.15, 0.2) is 41.5 Å². The highest BCUT2D eigenvalue weighted by Gasteiger charge is 2.05. The lowest BCUT2D eigenvalue weighted by Crippen LogP contribution is -2.05. The van der Waals surface area contributed by atoms with Crippen molar-refractivity contribution in [3.63, 3.8) is 0 Å². The molecule has 0 aliphatic rings. The number of aromatic nitrogens is 4. The quantitative estimate of drug-likeness (QED) is 0.747. The fourth-order valence-corrected chi connectivity index (χ4v) is 1.81. The summed E-state index contributed by atoms with van der Waals surface area (Å²) in [4.78, 5) is 18.2. The van der Waals surface area contributed by atoms with Crippen LogP contribution in [0.5, 0.6) is 5.88 Å². The maximum absolute atomic E-state index is 11.6. The monoisotopic (exact) mass is 254 g/mol. The molecule has 0 saturated heterocycles. The molecule has 94 valence electrons. The van der Waals surface area contributed by atoms with E-state index in [1.165, 1.54) is 13.4 Å². The number of fused-ring (bicyclic) bond motifs is 1. The van der Waals surface area contributed by atoms with E-state index in [2.05, 4.69) is 20.2 Å². The number of nitrogens with zero attached hydrogens (tertiary/aromatic N) is 3. The van der Waals surface area contributed by atoms with Crippen LogP contribution in [0.25, 0.3) is 22.2 Å². The number of hydrogen-bond donors (Lipinski definition) is 1. The van der Waals surface area contributed by atoms with E-state index in [-0.39, 0.29) is 5.56 Å². The first-order valence-corrected chi connectivity index (χ1v) is 5.63.